The predicted molar refractivity (Wildman–Crippen MR) is 72.0 cm³/mol. The summed E-state index contributed by atoms with van der Waals surface area (Å²) in [5.74, 6) is -0.860. The molecular formula is C14H20FNO3. The van der Waals surface area contributed by atoms with Crippen LogP contribution in [0, 0.1) is 5.82 Å². The number of ketones is 1. The van der Waals surface area contributed by atoms with E-state index in [2.05, 4.69) is 0 Å². The summed E-state index contributed by atoms with van der Waals surface area (Å²) in [5.41, 5.74) is 5.98. The van der Waals surface area contributed by atoms with E-state index in [0.717, 1.165) is 18.9 Å². The maximum atomic E-state index is 13.4. The Labute approximate surface area is 112 Å². The largest absolute Gasteiger partial charge is 0.494 e. The van der Waals surface area contributed by atoms with Crippen LogP contribution in [0.25, 0.3) is 0 Å². The van der Waals surface area contributed by atoms with Crippen molar-refractivity contribution in [1.29, 1.82) is 0 Å². The second-order valence-electron chi connectivity index (χ2n) is 4.30. The molecule has 0 aliphatic heterocycles. The third-order valence-electron chi connectivity index (χ3n) is 2.82. The van der Waals surface area contributed by atoms with Crippen LogP contribution in [0.5, 0.6) is 5.75 Å². The molecule has 0 saturated carbocycles. The number of benzene rings is 1. The minimum Gasteiger partial charge on any atom is -0.494 e. The highest BCUT2D eigenvalue weighted by Gasteiger charge is 2.20. The van der Waals surface area contributed by atoms with Gasteiger partial charge in [0.15, 0.2) is 17.3 Å². The molecule has 1 aromatic carbocycles. The van der Waals surface area contributed by atoms with E-state index >= 15 is 0 Å². The van der Waals surface area contributed by atoms with Gasteiger partial charge < -0.3 is 15.2 Å². The van der Waals surface area contributed by atoms with Crippen LogP contribution in [-0.4, -0.2) is 25.6 Å². The Hall–Kier alpha value is -1.62. The first-order valence-electron chi connectivity index (χ1n) is 6.30. The maximum Gasteiger partial charge on any atom is 0.193 e. The zero-order valence-electron chi connectivity index (χ0n) is 11.5. The van der Waals surface area contributed by atoms with Gasteiger partial charge in [0, 0.05) is 23.9 Å². The monoisotopic (exact) mass is 269 g/mol. The van der Waals surface area contributed by atoms with Crippen molar-refractivity contribution in [2.45, 2.75) is 32.8 Å². The topological polar surface area (TPSA) is 61.5 Å². The van der Waals surface area contributed by atoms with E-state index < -0.39 is 11.9 Å². The Bertz CT molecular complexity index is 449. The average molecular weight is 269 g/mol. The predicted octanol–water partition coefficient (Wildman–Crippen LogP) is 2.80. The summed E-state index contributed by atoms with van der Waals surface area (Å²) in [5, 5.41) is 0. The van der Waals surface area contributed by atoms with Crippen LogP contribution in [0.3, 0.4) is 0 Å². The zero-order chi connectivity index (χ0) is 14.4. The molecule has 0 aliphatic rings. The molecule has 2 N–H and O–H groups in total. The van der Waals surface area contributed by atoms with E-state index in [-0.39, 0.29) is 22.8 Å². The lowest BCUT2D eigenvalue weighted by Crippen LogP contribution is -2.22. The molecule has 1 atom stereocenters. The van der Waals surface area contributed by atoms with Gasteiger partial charge in [-0.2, -0.15) is 0 Å². The fourth-order valence-corrected chi connectivity index (χ4v) is 1.64. The molecule has 4 nitrogen and oxygen atoms in total. The molecule has 0 fully saturated rings. The van der Waals surface area contributed by atoms with Gasteiger partial charge in [0.25, 0.3) is 0 Å². The number of Topliss-reactive ketones (excluding diaryl/α,β-unsaturated/α-hetero) is 1. The van der Waals surface area contributed by atoms with Gasteiger partial charge in [-0.25, -0.2) is 4.39 Å². The van der Waals surface area contributed by atoms with E-state index in [0.29, 0.717) is 6.61 Å². The number of nitrogen functional groups attached to an aromatic ring is 1. The Morgan fingerprint density at radius 2 is 2.16 bits per heavy atom. The molecular weight excluding hydrogens is 249 g/mol. The minimum atomic E-state index is -0.607. The van der Waals surface area contributed by atoms with Crippen LogP contribution >= 0.6 is 0 Å². The fourth-order valence-electron chi connectivity index (χ4n) is 1.64. The highest BCUT2D eigenvalue weighted by atomic mass is 19.1. The number of carbonyl (C=O) groups is 1. The van der Waals surface area contributed by atoms with Gasteiger partial charge in [-0.15, -0.1) is 0 Å². The van der Waals surface area contributed by atoms with Crippen molar-refractivity contribution in [3.63, 3.8) is 0 Å². The van der Waals surface area contributed by atoms with Crippen molar-refractivity contribution < 1.29 is 18.7 Å². The van der Waals surface area contributed by atoms with Crippen molar-refractivity contribution in [3.05, 3.63) is 23.5 Å². The Morgan fingerprint density at radius 1 is 1.47 bits per heavy atom. The lowest BCUT2D eigenvalue weighted by Gasteiger charge is -2.14. The second-order valence-corrected chi connectivity index (χ2v) is 4.30. The van der Waals surface area contributed by atoms with Crippen LogP contribution < -0.4 is 10.5 Å². The maximum absolute atomic E-state index is 13.4. The van der Waals surface area contributed by atoms with Crippen LogP contribution in [0.2, 0.25) is 0 Å². The number of rotatable bonds is 7. The molecule has 0 bridgehead atoms. The molecule has 1 aromatic rings. The first-order chi connectivity index (χ1) is 9.01. The first kappa shape index (κ1) is 15.4. The number of hydrogen-bond donors (Lipinski definition) is 1. The van der Waals surface area contributed by atoms with E-state index in [4.69, 9.17) is 15.2 Å². The molecule has 0 heterocycles. The second kappa shape index (κ2) is 7.09. The zero-order valence-corrected chi connectivity index (χ0v) is 11.5. The first-order valence-corrected chi connectivity index (χ1v) is 6.30. The van der Waals surface area contributed by atoms with Crippen LogP contribution in [0.1, 0.15) is 37.0 Å². The van der Waals surface area contributed by atoms with Gasteiger partial charge in [0.05, 0.1) is 7.11 Å². The Balaban J connectivity index is 2.86. The van der Waals surface area contributed by atoms with Gasteiger partial charge in [-0.3, -0.25) is 4.79 Å². The molecule has 1 rings (SSSR count). The number of carbonyl (C=O) groups excluding carboxylic acids is 1. The third kappa shape index (κ3) is 3.92. The fraction of sp³-hybridized carbons (Fsp3) is 0.500. The highest BCUT2D eigenvalue weighted by Crippen LogP contribution is 2.25. The number of methoxy groups -OCH3 is 1. The summed E-state index contributed by atoms with van der Waals surface area (Å²) in [4.78, 5) is 12.2. The SMILES string of the molecule is CCCCO[C@@H](C)C(=O)c1cc(OC)c(F)cc1N. The normalized spacial score (nSPS) is 12.2. The molecule has 0 radical (unpaired) electrons. The number of anilines is 1. The van der Waals surface area contributed by atoms with E-state index in [1.165, 1.54) is 13.2 Å². The molecule has 19 heavy (non-hydrogen) atoms. The molecule has 0 amide bonds. The molecule has 0 aromatic heterocycles. The molecule has 5 heteroatoms. The number of nitrogens with two attached hydrogens (primary N) is 1. The summed E-state index contributed by atoms with van der Waals surface area (Å²) in [6.07, 6.45) is 1.27. The Morgan fingerprint density at radius 3 is 2.74 bits per heavy atom. The summed E-state index contributed by atoms with van der Waals surface area (Å²) in [6, 6.07) is 2.40. The summed E-state index contributed by atoms with van der Waals surface area (Å²) in [6.45, 7) is 4.22. The van der Waals surface area contributed by atoms with Crippen LogP contribution in [0.4, 0.5) is 10.1 Å². The third-order valence-corrected chi connectivity index (χ3v) is 2.82. The smallest absolute Gasteiger partial charge is 0.193 e. The van der Waals surface area contributed by atoms with Gasteiger partial charge in [-0.1, -0.05) is 13.3 Å². The average Bonchev–Trinajstić information content (AvgIpc) is 2.38. The van der Waals surface area contributed by atoms with E-state index in [9.17, 15) is 9.18 Å². The van der Waals surface area contributed by atoms with Crippen LogP contribution in [0.15, 0.2) is 12.1 Å². The number of ether oxygens (including phenoxy) is 2. The van der Waals surface area contributed by atoms with Gasteiger partial charge in [0.2, 0.25) is 0 Å². The molecule has 106 valence electrons. The number of halogens is 1. The van der Waals surface area contributed by atoms with Crippen molar-refractivity contribution >= 4 is 11.5 Å². The highest BCUT2D eigenvalue weighted by molar-refractivity contribution is 6.03. The number of unbranched alkanes of at least 4 members (excludes halogenated alkanes) is 1. The van der Waals surface area contributed by atoms with Crippen molar-refractivity contribution in [3.8, 4) is 5.75 Å². The quantitative estimate of drug-likeness (QED) is 0.469. The lowest BCUT2D eigenvalue weighted by atomic mass is 10.0. The Kier molecular flexibility index (Phi) is 5.76. The summed E-state index contributed by atoms with van der Waals surface area (Å²) >= 11 is 0. The van der Waals surface area contributed by atoms with E-state index in [1.807, 2.05) is 6.92 Å². The molecule has 0 aliphatic carbocycles. The molecule has 0 unspecified atom stereocenters. The molecule has 0 saturated heterocycles. The van der Waals surface area contributed by atoms with Crippen molar-refractivity contribution in [2.75, 3.05) is 19.5 Å². The minimum absolute atomic E-state index is 0.00157. The van der Waals surface area contributed by atoms with Gasteiger partial charge in [-0.05, 0) is 19.4 Å². The van der Waals surface area contributed by atoms with Crippen molar-refractivity contribution in [1.82, 2.24) is 0 Å². The lowest BCUT2D eigenvalue weighted by molar-refractivity contribution is 0.0468. The summed E-state index contributed by atoms with van der Waals surface area (Å²) in [7, 11) is 1.34. The summed E-state index contributed by atoms with van der Waals surface area (Å²) < 4.78 is 23.7. The number of hydrogen-bond acceptors (Lipinski definition) is 4. The standard InChI is InChI=1S/C14H20FNO3/c1-4-5-6-19-9(2)14(17)10-7-13(18-3)11(15)8-12(10)16/h7-9H,4-6,16H2,1-3H3/t9-/m0/s1. The van der Waals surface area contributed by atoms with Crippen molar-refractivity contribution in [2.24, 2.45) is 0 Å². The van der Waals surface area contributed by atoms with Gasteiger partial charge >= 0.3 is 0 Å². The molecule has 0 spiro atoms. The van der Waals surface area contributed by atoms with Gasteiger partial charge in [0.1, 0.15) is 6.10 Å². The van der Waals surface area contributed by atoms with Crippen LogP contribution in [-0.2, 0) is 4.74 Å². The van der Waals surface area contributed by atoms with E-state index in [1.54, 1.807) is 6.92 Å².